The van der Waals surface area contributed by atoms with Gasteiger partial charge in [0.25, 0.3) is 5.92 Å². The predicted octanol–water partition coefficient (Wildman–Crippen LogP) is 2.25. The minimum Gasteiger partial charge on any atom is -0.356 e. The molecule has 1 atom stereocenters. The van der Waals surface area contributed by atoms with Crippen LogP contribution in [-0.4, -0.2) is 42.1 Å². The van der Waals surface area contributed by atoms with Crippen LogP contribution in [0, 0.1) is 5.92 Å². The number of nitrogens with one attached hydrogen (secondary N) is 1. The molecule has 0 aromatic carbocycles. The van der Waals surface area contributed by atoms with Crippen LogP contribution in [0.5, 0.6) is 0 Å². The van der Waals surface area contributed by atoms with Gasteiger partial charge in [-0.25, -0.2) is 18.7 Å². The van der Waals surface area contributed by atoms with Crippen LogP contribution in [-0.2, 0) is 6.42 Å². The Morgan fingerprint density at radius 3 is 2.81 bits per heavy atom. The van der Waals surface area contributed by atoms with Gasteiger partial charge in [0, 0.05) is 37.7 Å². The molecule has 1 unspecified atom stereocenters. The van der Waals surface area contributed by atoms with Crippen molar-refractivity contribution in [3.63, 3.8) is 0 Å². The van der Waals surface area contributed by atoms with Crippen LogP contribution in [0.15, 0.2) is 12.4 Å². The van der Waals surface area contributed by atoms with E-state index in [4.69, 9.17) is 0 Å². The first-order valence-corrected chi connectivity index (χ1v) is 7.77. The molecule has 0 bridgehead atoms. The average Bonchev–Trinajstić information content (AvgIpc) is 2.48. The number of nitrogens with zero attached hydrogens (tertiary/aromatic N) is 3. The third-order valence-corrected chi connectivity index (χ3v) is 4.42. The molecule has 0 saturated carbocycles. The maximum absolute atomic E-state index is 13.2. The Morgan fingerprint density at radius 1 is 1.29 bits per heavy atom. The summed E-state index contributed by atoms with van der Waals surface area (Å²) in [6.45, 7) is 2.88. The molecule has 116 valence electrons. The Morgan fingerprint density at radius 2 is 2.10 bits per heavy atom. The molecule has 1 N–H and O–H groups in total. The van der Waals surface area contributed by atoms with Crippen molar-refractivity contribution < 1.29 is 8.78 Å². The van der Waals surface area contributed by atoms with E-state index in [-0.39, 0.29) is 12.8 Å². The molecule has 0 spiro atoms. The van der Waals surface area contributed by atoms with E-state index in [0.717, 1.165) is 31.0 Å². The zero-order chi connectivity index (χ0) is 14.7. The number of halogens is 2. The van der Waals surface area contributed by atoms with Gasteiger partial charge in [-0.3, -0.25) is 0 Å². The molecule has 2 aliphatic heterocycles. The van der Waals surface area contributed by atoms with Crippen molar-refractivity contribution in [2.45, 2.75) is 38.0 Å². The molecule has 2 fully saturated rings. The smallest absolute Gasteiger partial charge is 0.251 e. The summed E-state index contributed by atoms with van der Waals surface area (Å²) >= 11 is 0. The topological polar surface area (TPSA) is 41.0 Å². The Hall–Kier alpha value is -1.30. The molecule has 0 amide bonds. The Bertz CT molecular complexity index is 464. The standard InChI is InChI=1S/C15H22F2N4/c16-15(17)3-6-21(7-4-15)14-9-13(19-11-20-14)8-12-2-1-5-18-10-12/h9,11-12,18H,1-8,10H2. The van der Waals surface area contributed by atoms with Gasteiger partial charge in [0.05, 0.1) is 0 Å². The van der Waals surface area contributed by atoms with Crippen LogP contribution in [0.3, 0.4) is 0 Å². The van der Waals surface area contributed by atoms with Crippen molar-refractivity contribution in [1.29, 1.82) is 0 Å². The number of anilines is 1. The largest absolute Gasteiger partial charge is 0.356 e. The lowest BCUT2D eigenvalue weighted by atomic mass is 9.94. The van der Waals surface area contributed by atoms with Gasteiger partial charge in [-0.15, -0.1) is 0 Å². The Kier molecular flexibility index (Phi) is 4.33. The summed E-state index contributed by atoms with van der Waals surface area (Å²) in [6, 6.07) is 1.97. The van der Waals surface area contributed by atoms with E-state index in [1.807, 2.05) is 11.0 Å². The second-order valence-electron chi connectivity index (χ2n) is 6.13. The number of hydrogen-bond acceptors (Lipinski definition) is 4. The summed E-state index contributed by atoms with van der Waals surface area (Å²) in [7, 11) is 0. The van der Waals surface area contributed by atoms with Crippen LogP contribution in [0.2, 0.25) is 0 Å². The molecule has 0 radical (unpaired) electrons. The van der Waals surface area contributed by atoms with Crippen molar-refractivity contribution in [2.75, 3.05) is 31.1 Å². The van der Waals surface area contributed by atoms with Crippen molar-refractivity contribution in [3.05, 3.63) is 18.1 Å². The van der Waals surface area contributed by atoms with E-state index in [1.54, 1.807) is 6.33 Å². The fourth-order valence-corrected chi connectivity index (χ4v) is 3.13. The van der Waals surface area contributed by atoms with Crippen LogP contribution in [0.4, 0.5) is 14.6 Å². The number of hydrogen-bond donors (Lipinski definition) is 1. The molecule has 1 aromatic heterocycles. The molecule has 4 nitrogen and oxygen atoms in total. The number of aromatic nitrogens is 2. The molecule has 21 heavy (non-hydrogen) atoms. The first-order valence-electron chi connectivity index (χ1n) is 7.77. The average molecular weight is 296 g/mol. The first kappa shape index (κ1) is 14.6. The molecule has 3 heterocycles. The Labute approximate surface area is 124 Å². The first-order chi connectivity index (χ1) is 10.1. The lowest BCUT2D eigenvalue weighted by Crippen LogP contribution is -2.39. The third-order valence-electron chi connectivity index (χ3n) is 4.42. The SMILES string of the molecule is FC1(F)CCN(c2cc(CC3CCCNC3)ncn2)CC1. The van der Waals surface area contributed by atoms with Gasteiger partial charge in [0.2, 0.25) is 0 Å². The van der Waals surface area contributed by atoms with Crippen LogP contribution in [0.1, 0.15) is 31.4 Å². The predicted molar refractivity (Wildman–Crippen MR) is 77.7 cm³/mol. The van der Waals surface area contributed by atoms with Crippen LogP contribution in [0.25, 0.3) is 0 Å². The minimum absolute atomic E-state index is 0.0844. The summed E-state index contributed by atoms with van der Waals surface area (Å²) < 4.78 is 26.4. The summed E-state index contributed by atoms with van der Waals surface area (Å²) in [5.74, 6) is -1.11. The number of rotatable bonds is 3. The highest BCUT2D eigenvalue weighted by Gasteiger charge is 2.34. The highest BCUT2D eigenvalue weighted by molar-refractivity contribution is 5.39. The van der Waals surface area contributed by atoms with Gasteiger partial charge in [0.15, 0.2) is 0 Å². The summed E-state index contributed by atoms with van der Waals surface area (Å²) in [6.07, 6.45) is 4.77. The second kappa shape index (κ2) is 6.22. The van der Waals surface area contributed by atoms with Crippen LogP contribution >= 0.6 is 0 Å². The van der Waals surface area contributed by atoms with Gasteiger partial charge in [-0.1, -0.05) is 0 Å². The summed E-state index contributed by atoms with van der Waals surface area (Å²) in [5, 5.41) is 3.40. The van der Waals surface area contributed by atoms with Gasteiger partial charge in [-0.2, -0.15) is 0 Å². The zero-order valence-corrected chi connectivity index (χ0v) is 12.2. The van der Waals surface area contributed by atoms with E-state index in [0.29, 0.717) is 19.0 Å². The van der Waals surface area contributed by atoms with Crippen molar-refractivity contribution in [1.82, 2.24) is 15.3 Å². The number of piperidine rings is 2. The summed E-state index contributed by atoms with van der Waals surface area (Å²) in [5.41, 5.74) is 1.02. The normalized spacial score (nSPS) is 25.8. The lowest BCUT2D eigenvalue weighted by Gasteiger charge is -2.32. The van der Waals surface area contributed by atoms with E-state index in [1.165, 1.54) is 12.8 Å². The zero-order valence-electron chi connectivity index (χ0n) is 12.2. The molecular weight excluding hydrogens is 274 g/mol. The summed E-state index contributed by atoms with van der Waals surface area (Å²) in [4.78, 5) is 10.5. The molecule has 1 aromatic rings. The highest BCUT2D eigenvalue weighted by atomic mass is 19.3. The second-order valence-corrected chi connectivity index (χ2v) is 6.13. The fraction of sp³-hybridized carbons (Fsp3) is 0.733. The lowest BCUT2D eigenvalue weighted by molar-refractivity contribution is -0.0221. The molecule has 6 heteroatoms. The fourth-order valence-electron chi connectivity index (χ4n) is 3.13. The minimum atomic E-state index is -2.51. The number of alkyl halides is 2. The molecule has 3 rings (SSSR count). The molecule has 2 aliphatic rings. The van der Waals surface area contributed by atoms with Gasteiger partial charge < -0.3 is 10.2 Å². The van der Waals surface area contributed by atoms with E-state index < -0.39 is 5.92 Å². The van der Waals surface area contributed by atoms with Crippen molar-refractivity contribution >= 4 is 5.82 Å². The van der Waals surface area contributed by atoms with E-state index >= 15 is 0 Å². The van der Waals surface area contributed by atoms with Crippen molar-refractivity contribution in [2.24, 2.45) is 5.92 Å². The van der Waals surface area contributed by atoms with E-state index in [9.17, 15) is 8.78 Å². The van der Waals surface area contributed by atoms with Crippen molar-refractivity contribution in [3.8, 4) is 0 Å². The van der Waals surface area contributed by atoms with Crippen LogP contribution < -0.4 is 10.2 Å². The monoisotopic (exact) mass is 296 g/mol. The van der Waals surface area contributed by atoms with Gasteiger partial charge in [0.1, 0.15) is 12.1 Å². The highest BCUT2D eigenvalue weighted by Crippen LogP contribution is 2.29. The molecule has 2 saturated heterocycles. The molecular formula is C15H22F2N4. The quantitative estimate of drug-likeness (QED) is 0.929. The maximum Gasteiger partial charge on any atom is 0.251 e. The third kappa shape index (κ3) is 3.87. The van der Waals surface area contributed by atoms with Gasteiger partial charge >= 0.3 is 0 Å². The maximum atomic E-state index is 13.2. The Balaban J connectivity index is 1.63. The molecule has 0 aliphatic carbocycles. The van der Waals surface area contributed by atoms with Gasteiger partial charge in [-0.05, 0) is 38.3 Å². The van der Waals surface area contributed by atoms with E-state index in [2.05, 4.69) is 15.3 Å².